The Kier molecular flexibility index (Phi) is 7.60. The van der Waals surface area contributed by atoms with E-state index in [1.807, 2.05) is 37.3 Å². The number of hydrogen-bond donors (Lipinski definition) is 0. The van der Waals surface area contributed by atoms with Crippen molar-refractivity contribution < 1.29 is 33.9 Å². The number of benzene rings is 2. The Morgan fingerprint density at radius 1 is 0.923 bits per heavy atom. The van der Waals surface area contributed by atoms with Gasteiger partial charge in [-0.15, -0.1) is 0 Å². The maximum absolute atomic E-state index is 11.8. The number of carbonyl (C=O) groups excluding carboxylic acids is 2. The number of ether oxygens (including phenoxy) is 2. The smallest absolute Gasteiger partial charge is 0.432 e. The molecular formula is C19H20O7. The van der Waals surface area contributed by atoms with Crippen molar-refractivity contribution >= 4 is 12.1 Å². The van der Waals surface area contributed by atoms with E-state index in [0.717, 1.165) is 11.1 Å². The van der Waals surface area contributed by atoms with Gasteiger partial charge in [-0.3, -0.25) is 4.89 Å². The molecule has 0 aromatic heterocycles. The molecule has 26 heavy (non-hydrogen) atoms. The Morgan fingerprint density at radius 2 is 1.58 bits per heavy atom. The first kappa shape index (κ1) is 19.4. The molecule has 1 atom stereocenters. The van der Waals surface area contributed by atoms with Crippen LogP contribution in [-0.2, 0) is 24.3 Å². The van der Waals surface area contributed by atoms with Crippen molar-refractivity contribution in [2.75, 3.05) is 13.7 Å². The standard InChI is InChI=1S/C19H20O7/c1-14(22-2)12-13-23-19(21)25-26-24-18(20)17-10-8-16(9-11-17)15-6-4-3-5-7-15/h3-11,14H,12-13H2,1-2H3. The Bertz CT molecular complexity index is 698. The van der Waals surface area contributed by atoms with Gasteiger partial charge in [0.1, 0.15) is 0 Å². The van der Waals surface area contributed by atoms with Gasteiger partial charge in [-0.2, -0.15) is 0 Å². The predicted octanol–water partition coefficient (Wildman–Crippen LogP) is 3.94. The van der Waals surface area contributed by atoms with Crippen LogP contribution in [0.1, 0.15) is 23.7 Å². The molecule has 0 saturated carbocycles. The van der Waals surface area contributed by atoms with Crippen molar-refractivity contribution in [3.05, 3.63) is 60.2 Å². The zero-order chi connectivity index (χ0) is 18.8. The molecule has 7 heteroatoms. The molecule has 0 aliphatic heterocycles. The summed E-state index contributed by atoms with van der Waals surface area (Å²) in [5, 5.41) is 4.16. The highest BCUT2D eigenvalue weighted by Crippen LogP contribution is 2.19. The van der Waals surface area contributed by atoms with Gasteiger partial charge in [0.25, 0.3) is 0 Å². The Labute approximate surface area is 151 Å². The van der Waals surface area contributed by atoms with Crippen molar-refractivity contribution in [3.8, 4) is 11.1 Å². The van der Waals surface area contributed by atoms with E-state index in [0.29, 0.717) is 6.42 Å². The van der Waals surface area contributed by atoms with Crippen molar-refractivity contribution in [3.63, 3.8) is 0 Å². The summed E-state index contributed by atoms with van der Waals surface area (Å²) in [5.41, 5.74) is 2.22. The third-order valence-electron chi connectivity index (χ3n) is 3.59. The summed E-state index contributed by atoms with van der Waals surface area (Å²) in [6.45, 7) is 1.92. The molecule has 0 heterocycles. The first-order valence-electron chi connectivity index (χ1n) is 8.00. The Balaban J connectivity index is 1.73. The van der Waals surface area contributed by atoms with E-state index < -0.39 is 12.1 Å². The zero-order valence-corrected chi connectivity index (χ0v) is 14.5. The second-order valence-corrected chi connectivity index (χ2v) is 5.40. The fraction of sp³-hybridized carbons (Fsp3) is 0.263. The van der Waals surface area contributed by atoms with Crippen molar-refractivity contribution in [2.24, 2.45) is 0 Å². The van der Waals surface area contributed by atoms with E-state index in [2.05, 4.69) is 14.8 Å². The summed E-state index contributed by atoms with van der Waals surface area (Å²) in [4.78, 5) is 31.7. The van der Waals surface area contributed by atoms with Gasteiger partial charge >= 0.3 is 12.1 Å². The fourth-order valence-electron chi connectivity index (χ4n) is 2.00. The lowest BCUT2D eigenvalue weighted by atomic mass is 10.0. The molecule has 0 amide bonds. The van der Waals surface area contributed by atoms with Gasteiger partial charge in [-0.25, -0.2) is 14.5 Å². The monoisotopic (exact) mass is 360 g/mol. The number of rotatable bonds is 8. The summed E-state index contributed by atoms with van der Waals surface area (Å²) in [6, 6.07) is 16.4. The summed E-state index contributed by atoms with van der Waals surface area (Å²) in [7, 11) is 1.55. The fourth-order valence-corrected chi connectivity index (χ4v) is 2.00. The molecule has 138 valence electrons. The molecule has 0 saturated heterocycles. The van der Waals surface area contributed by atoms with E-state index in [4.69, 9.17) is 9.47 Å². The van der Waals surface area contributed by atoms with Crippen LogP contribution in [0.4, 0.5) is 4.79 Å². The molecule has 0 aliphatic carbocycles. The maximum Gasteiger partial charge on any atom is 0.543 e. The van der Waals surface area contributed by atoms with Gasteiger partial charge in [0.15, 0.2) is 0 Å². The minimum Gasteiger partial charge on any atom is -0.432 e. The highest BCUT2D eigenvalue weighted by molar-refractivity contribution is 5.89. The van der Waals surface area contributed by atoms with Crippen LogP contribution in [-0.4, -0.2) is 31.9 Å². The van der Waals surface area contributed by atoms with Crippen LogP contribution in [0.15, 0.2) is 54.6 Å². The van der Waals surface area contributed by atoms with Crippen molar-refractivity contribution in [1.29, 1.82) is 0 Å². The summed E-state index contributed by atoms with van der Waals surface area (Å²) >= 11 is 0. The van der Waals surface area contributed by atoms with Crippen molar-refractivity contribution in [1.82, 2.24) is 0 Å². The van der Waals surface area contributed by atoms with Gasteiger partial charge in [-0.1, -0.05) is 42.5 Å². The molecule has 1 unspecified atom stereocenters. The molecule has 2 rings (SSSR count). The van der Waals surface area contributed by atoms with Gasteiger partial charge in [0, 0.05) is 13.5 Å². The number of carbonyl (C=O) groups is 2. The number of methoxy groups -OCH3 is 1. The molecule has 0 fully saturated rings. The topological polar surface area (TPSA) is 80.3 Å². The third-order valence-corrected chi connectivity index (χ3v) is 3.59. The molecule has 7 nitrogen and oxygen atoms in total. The third kappa shape index (κ3) is 6.19. The minimum absolute atomic E-state index is 0.0552. The summed E-state index contributed by atoms with van der Waals surface area (Å²) in [5.74, 6) is -0.801. The molecular weight excluding hydrogens is 340 g/mol. The lowest BCUT2D eigenvalue weighted by molar-refractivity contribution is -0.452. The van der Waals surface area contributed by atoms with E-state index in [-0.39, 0.29) is 18.3 Å². The minimum atomic E-state index is -1.11. The summed E-state index contributed by atoms with van der Waals surface area (Å²) in [6.07, 6.45) is -0.667. The SMILES string of the molecule is COC(C)CCOC(=O)OOOC(=O)c1ccc(-c2ccccc2)cc1. The molecule has 0 bridgehead atoms. The van der Waals surface area contributed by atoms with E-state index >= 15 is 0 Å². The summed E-state index contributed by atoms with van der Waals surface area (Å²) < 4.78 is 9.71. The van der Waals surface area contributed by atoms with Crippen LogP contribution in [0.2, 0.25) is 0 Å². The van der Waals surface area contributed by atoms with Crippen LogP contribution in [0.25, 0.3) is 11.1 Å². The molecule has 2 aromatic rings. The van der Waals surface area contributed by atoms with E-state index in [9.17, 15) is 9.59 Å². The van der Waals surface area contributed by atoms with Gasteiger partial charge in [-0.05, 0) is 30.2 Å². The van der Waals surface area contributed by atoms with Gasteiger partial charge in [0.2, 0.25) is 0 Å². The average Bonchev–Trinajstić information content (AvgIpc) is 2.68. The second kappa shape index (κ2) is 10.2. The quantitative estimate of drug-likeness (QED) is 0.401. The van der Waals surface area contributed by atoms with Crippen molar-refractivity contribution in [2.45, 2.75) is 19.4 Å². The van der Waals surface area contributed by atoms with Crippen LogP contribution in [0.5, 0.6) is 0 Å². The van der Waals surface area contributed by atoms with Gasteiger partial charge < -0.3 is 9.47 Å². The van der Waals surface area contributed by atoms with Gasteiger partial charge in [0.05, 0.1) is 23.3 Å². The lowest BCUT2D eigenvalue weighted by Crippen LogP contribution is -2.15. The van der Waals surface area contributed by atoms with E-state index in [1.54, 1.807) is 31.4 Å². The molecule has 0 radical (unpaired) electrons. The molecule has 0 aliphatic rings. The highest BCUT2D eigenvalue weighted by Gasteiger charge is 2.12. The van der Waals surface area contributed by atoms with Crippen LogP contribution >= 0.6 is 0 Å². The first-order valence-corrected chi connectivity index (χ1v) is 8.00. The Hall–Kier alpha value is -2.90. The molecule has 0 spiro atoms. The molecule has 2 aromatic carbocycles. The predicted molar refractivity (Wildman–Crippen MR) is 91.9 cm³/mol. The highest BCUT2D eigenvalue weighted by atomic mass is 17.5. The largest absolute Gasteiger partial charge is 0.543 e. The zero-order valence-electron chi connectivity index (χ0n) is 14.5. The van der Waals surface area contributed by atoms with Crippen LogP contribution in [0.3, 0.4) is 0 Å². The lowest BCUT2D eigenvalue weighted by Gasteiger charge is -2.08. The first-order chi connectivity index (χ1) is 12.6. The molecule has 0 N–H and O–H groups in total. The Morgan fingerprint density at radius 3 is 2.23 bits per heavy atom. The maximum atomic E-state index is 11.8. The van der Waals surface area contributed by atoms with Crippen LogP contribution < -0.4 is 0 Å². The van der Waals surface area contributed by atoms with Crippen LogP contribution in [0, 0.1) is 0 Å². The van der Waals surface area contributed by atoms with E-state index in [1.165, 1.54) is 0 Å². The normalized spacial score (nSPS) is 11.5. The average molecular weight is 360 g/mol. The number of hydrogen-bond acceptors (Lipinski definition) is 7. The second-order valence-electron chi connectivity index (χ2n) is 5.40.